The summed E-state index contributed by atoms with van der Waals surface area (Å²) < 4.78 is 9.71. The summed E-state index contributed by atoms with van der Waals surface area (Å²) in [5, 5.41) is 9.36. The molecule has 1 aliphatic heterocycles. The number of hydrogen-bond donors (Lipinski definition) is 1. The predicted molar refractivity (Wildman–Crippen MR) is 45.3 cm³/mol. The van der Waals surface area contributed by atoms with Crippen LogP contribution >= 0.6 is 0 Å². The first-order valence-corrected chi connectivity index (χ1v) is 4.26. The highest BCUT2D eigenvalue weighted by molar-refractivity contribution is 5.78. The molecule has 5 nitrogen and oxygen atoms in total. The third-order valence-corrected chi connectivity index (χ3v) is 1.87. The Labute approximate surface area is 77.2 Å². The first-order chi connectivity index (χ1) is 6.24. The Balaban J connectivity index is 2.29. The molecular weight excluding hydrogens is 174 g/mol. The van der Waals surface area contributed by atoms with E-state index in [1.165, 1.54) is 7.11 Å². The van der Waals surface area contributed by atoms with E-state index in [1.807, 2.05) is 0 Å². The number of morpholine rings is 1. The zero-order valence-corrected chi connectivity index (χ0v) is 7.73. The first-order valence-electron chi connectivity index (χ1n) is 4.26. The molecule has 1 amide bonds. The number of carbonyl (C=O) groups excluding carboxylic acids is 1. The largest absolute Gasteiger partial charge is 0.389 e. The van der Waals surface area contributed by atoms with E-state index >= 15 is 0 Å². The number of aliphatic hydroxyl groups excluding tert-OH is 1. The Morgan fingerprint density at radius 2 is 2.54 bits per heavy atom. The van der Waals surface area contributed by atoms with Crippen LogP contribution in [0, 0.1) is 0 Å². The molecule has 1 saturated heterocycles. The number of amides is 1. The van der Waals surface area contributed by atoms with Gasteiger partial charge in [0.05, 0.1) is 19.3 Å². The van der Waals surface area contributed by atoms with Crippen LogP contribution in [0.4, 0.5) is 0 Å². The van der Waals surface area contributed by atoms with Crippen molar-refractivity contribution < 1.29 is 19.4 Å². The summed E-state index contributed by atoms with van der Waals surface area (Å²) >= 11 is 0. The second-order valence-corrected chi connectivity index (χ2v) is 3.00. The third-order valence-electron chi connectivity index (χ3n) is 1.87. The average Bonchev–Trinajstić information content (AvgIpc) is 2.09. The Morgan fingerprint density at radius 1 is 1.77 bits per heavy atom. The summed E-state index contributed by atoms with van der Waals surface area (Å²) in [6.07, 6.45) is -0.605. The van der Waals surface area contributed by atoms with Crippen LogP contribution in [0.2, 0.25) is 0 Å². The van der Waals surface area contributed by atoms with Crippen LogP contribution in [0.5, 0.6) is 0 Å². The van der Waals surface area contributed by atoms with Crippen molar-refractivity contribution in [1.29, 1.82) is 0 Å². The molecule has 0 radical (unpaired) electrons. The predicted octanol–water partition coefficient (Wildman–Crippen LogP) is -1.15. The SMILES string of the molecule is COCC(O)CN1CCOCC1=O. The van der Waals surface area contributed by atoms with Crippen molar-refractivity contribution in [2.24, 2.45) is 0 Å². The zero-order valence-electron chi connectivity index (χ0n) is 7.73. The van der Waals surface area contributed by atoms with E-state index in [-0.39, 0.29) is 19.1 Å². The molecule has 1 N–H and O–H groups in total. The number of nitrogens with zero attached hydrogens (tertiary/aromatic N) is 1. The van der Waals surface area contributed by atoms with Gasteiger partial charge in [-0.1, -0.05) is 0 Å². The van der Waals surface area contributed by atoms with Gasteiger partial charge in [-0.15, -0.1) is 0 Å². The number of hydrogen-bond acceptors (Lipinski definition) is 4. The average molecular weight is 189 g/mol. The minimum Gasteiger partial charge on any atom is -0.389 e. The molecule has 1 fully saturated rings. The summed E-state index contributed by atoms with van der Waals surface area (Å²) in [6.45, 7) is 1.81. The normalized spacial score (nSPS) is 20.5. The molecule has 0 aromatic carbocycles. The quantitative estimate of drug-likeness (QED) is 0.607. The van der Waals surface area contributed by atoms with Crippen LogP contribution in [0.1, 0.15) is 0 Å². The van der Waals surface area contributed by atoms with Gasteiger partial charge in [-0.3, -0.25) is 4.79 Å². The number of ether oxygens (including phenoxy) is 2. The van der Waals surface area contributed by atoms with Crippen LogP contribution in [0.25, 0.3) is 0 Å². The maximum atomic E-state index is 11.2. The summed E-state index contributed by atoms with van der Waals surface area (Å²) in [5.74, 6) is -0.0681. The minimum absolute atomic E-state index is 0.0681. The number of aliphatic hydroxyl groups is 1. The number of carbonyl (C=O) groups is 1. The molecule has 1 aliphatic rings. The van der Waals surface area contributed by atoms with Crippen molar-refractivity contribution in [3.8, 4) is 0 Å². The lowest BCUT2D eigenvalue weighted by Gasteiger charge is -2.28. The molecule has 1 unspecified atom stereocenters. The summed E-state index contributed by atoms with van der Waals surface area (Å²) in [6, 6.07) is 0. The standard InChI is InChI=1S/C8H15NO4/c1-12-5-7(10)4-9-2-3-13-6-8(9)11/h7,10H,2-6H2,1H3. The highest BCUT2D eigenvalue weighted by atomic mass is 16.5. The fraction of sp³-hybridized carbons (Fsp3) is 0.875. The van der Waals surface area contributed by atoms with Crippen molar-refractivity contribution in [2.75, 3.05) is 40.0 Å². The van der Waals surface area contributed by atoms with Crippen molar-refractivity contribution in [1.82, 2.24) is 4.90 Å². The molecule has 76 valence electrons. The highest BCUT2D eigenvalue weighted by Gasteiger charge is 2.20. The van der Waals surface area contributed by atoms with Crippen molar-refractivity contribution in [3.05, 3.63) is 0 Å². The minimum atomic E-state index is -0.605. The van der Waals surface area contributed by atoms with E-state index in [4.69, 9.17) is 9.47 Å². The first kappa shape index (κ1) is 10.4. The lowest BCUT2D eigenvalue weighted by molar-refractivity contribution is -0.144. The van der Waals surface area contributed by atoms with Gasteiger partial charge in [-0.2, -0.15) is 0 Å². The van der Waals surface area contributed by atoms with Crippen LogP contribution in [0.15, 0.2) is 0 Å². The molecule has 0 aliphatic carbocycles. The molecular formula is C8H15NO4. The second kappa shape index (κ2) is 5.16. The molecule has 0 aromatic heterocycles. The Hall–Kier alpha value is -0.650. The molecule has 1 heterocycles. The van der Waals surface area contributed by atoms with Gasteiger partial charge in [0.15, 0.2) is 0 Å². The summed E-state index contributed by atoms with van der Waals surface area (Å²) in [4.78, 5) is 12.8. The second-order valence-electron chi connectivity index (χ2n) is 3.00. The molecule has 13 heavy (non-hydrogen) atoms. The van der Waals surface area contributed by atoms with Gasteiger partial charge in [0.25, 0.3) is 0 Å². The fourth-order valence-electron chi connectivity index (χ4n) is 1.24. The highest BCUT2D eigenvalue weighted by Crippen LogP contribution is 2.00. The van der Waals surface area contributed by atoms with Crippen LogP contribution < -0.4 is 0 Å². The van der Waals surface area contributed by atoms with Crippen LogP contribution in [0.3, 0.4) is 0 Å². The molecule has 1 rings (SSSR count). The van der Waals surface area contributed by atoms with Gasteiger partial charge in [-0.25, -0.2) is 0 Å². The molecule has 0 bridgehead atoms. The van der Waals surface area contributed by atoms with E-state index in [1.54, 1.807) is 4.90 Å². The van der Waals surface area contributed by atoms with Gasteiger partial charge in [-0.05, 0) is 0 Å². The number of methoxy groups -OCH3 is 1. The Bertz CT molecular complexity index is 174. The number of β-amino-alcohol motifs (C(OH)–C–C–N with tert-alkyl or cyclic N) is 1. The van der Waals surface area contributed by atoms with E-state index in [2.05, 4.69) is 0 Å². The lowest BCUT2D eigenvalue weighted by Crippen LogP contribution is -2.46. The van der Waals surface area contributed by atoms with Crippen molar-refractivity contribution in [3.63, 3.8) is 0 Å². The van der Waals surface area contributed by atoms with Gasteiger partial charge in [0.1, 0.15) is 6.61 Å². The van der Waals surface area contributed by atoms with E-state index in [9.17, 15) is 9.90 Å². The third kappa shape index (κ3) is 3.30. The maximum absolute atomic E-state index is 11.2. The van der Waals surface area contributed by atoms with Gasteiger partial charge in [0.2, 0.25) is 5.91 Å². The molecule has 0 saturated carbocycles. The molecule has 1 atom stereocenters. The van der Waals surface area contributed by atoms with Gasteiger partial charge >= 0.3 is 0 Å². The zero-order chi connectivity index (χ0) is 9.68. The monoisotopic (exact) mass is 189 g/mol. The summed E-state index contributed by atoms with van der Waals surface area (Å²) in [5.41, 5.74) is 0. The smallest absolute Gasteiger partial charge is 0.248 e. The van der Waals surface area contributed by atoms with Crippen LogP contribution in [-0.2, 0) is 14.3 Å². The Morgan fingerprint density at radius 3 is 3.15 bits per heavy atom. The Kier molecular flexibility index (Phi) is 4.14. The molecule has 5 heteroatoms. The van der Waals surface area contributed by atoms with Crippen molar-refractivity contribution >= 4 is 5.91 Å². The fourth-order valence-corrected chi connectivity index (χ4v) is 1.24. The molecule has 0 spiro atoms. The van der Waals surface area contributed by atoms with Crippen molar-refractivity contribution in [2.45, 2.75) is 6.10 Å². The topological polar surface area (TPSA) is 59.0 Å². The molecule has 0 aromatic rings. The number of rotatable bonds is 4. The van der Waals surface area contributed by atoms with Gasteiger partial charge < -0.3 is 19.5 Å². The van der Waals surface area contributed by atoms with Gasteiger partial charge in [0, 0.05) is 20.2 Å². The lowest BCUT2D eigenvalue weighted by atomic mass is 10.3. The van der Waals surface area contributed by atoms with Crippen LogP contribution in [-0.4, -0.2) is 62.0 Å². The van der Waals surface area contributed by atoms with E-state index in [0.29, 0.717) is 19.7 Å². The van der Waals surface area contributed by atoms with E-state index < -0.39 is 6.10 Å². The maximum Gasteiger partial charge on any atom is 0.248 e. The summed E-state index contributed by atoms with van der Waals surface area (Å²) in [7, 11) is 1.52. The van der Waals surface area contributed by atoms with E-state index in [0.717, 1.165) is 0 Å².